The minimum Gasteiger partial charge on any atom is -0.351 e. The Morgan fingerprint density at radius 3 is 2.33 bits per heavy atom. The highest BCUT2D eigenvalue weighted by Crippen LogP contribution is 2.29. The largest absolute Gasteiger partial charge is 0.408 e. The van der Waals surface area contributed by atoms with Crippen molar-refractivity contribution in [2.24, 2.45) is 17.6 Å². The number of nitrogens with two attached hydrogens (primary N) is 1. The lowest BCUT2D eigenvalue weighted by Gasteiger charge is -2.33. The third-order valence-corrected chi connectivity index (χ3v) is 4.89. The summed E-state index contributed by atoms with van der Waals surface area (Å²) in [4.78, 5) is 24.1. The standard InChI is InChI=1S/C15H24F3N3O2.ClH/c16-15(17,18)12-7-6-10(14(23)21-12)13(22)20-11(8-19)9-4-2-1-3-5-9;/h9-12H,1-8,19H2,(H,20,22)(H,21,23);1H. The first-order valence-electron chi connectivity index (χ1n) is 8.20. The third kappa shape index (κ3) is 5.24. The van der Waals surface area contributed by atoms with Crippen LogP contribution in [-0.2, 0) is 9.59 Å². The number of hydrogen-bond donors (Lipinski definition) is 3. The molecule has 2 fully saturated rings. The highest BCUT2D eigenvalue weighted by Gasteiger charge is 2.46. The van der Waals surface area contributed by atoms with Crippen LogP contribution in [0, 0.1) is 11.8 Å². The summed E-state index contributed by atoms with van der Waals surface area (Å²) in [6.07, 6.45) is 0.477. The second-order valence-electron chi connectivity index (χ2n) is 6.48. The van der Waals surface area contributed by atoms with Gasteiger partial charge in [-0.3, -0.25) is 9.59 Å². The predicted octanol–water partition coefficient (Wildman–Crippen LogP) is 1.89. The van der Waals surface area contributed by atoms with Crippen LogP contribution in [0.5, 0.6) is 0 Å². The quantitative estimate of drug-likeness (QED) is 0.660. The van der Waals surface area contributed by atoms with E-state index in [0.717, 1.165) is 25.7 Å². The minimum atomic E-state index is -4.47. The maximum Gasteiger partial charge on any atom is 0.408 e. The maximum atomic E-state index is 12.6. The first-order chi connectivity index (χ1) is 10.8. The molecule has 2 aliphatic rings. The summed E-state index contributed by atoms with van der Waals surface area (Å²) in [5.41, 5.74) is 5.73. The highest BCUT2D eigenvalue weighted by molar-refractivity contribution is 6.01. The molecule has 1 aliphatic carbocycles. The number of rotatable bonds is 4. The van der Waals surface area contributed by atoms with Gasteiger partial charge in [-0.2, -0.15) is 13.2 Å². The van der Waals surface area contributed by atoms with E-state index >= 15 is 0 Å². The van der Waals surface area contributed by atoms with Crippen molar-refractivity contribution in [3.63, 3.8) is 0 Å². The Hall–Kier alpha value is -1.02. The van der Waals surface area contributed by atoms with Crippen LogP contribution in [-0.4, -0.2) is 36.6 Å². The molecule has 1 saturated heterocycles. The van der Waals surface area contributed by atoms with E-state index in [1.165, 1.54) is 6.42 Å². The number of piperidine rings is 1. The fourth-order valence-corrected chi connectivity index (χ4v) is 3.49. The number of alkyl halides is 3. The van der Waals surface area contributed by atoms with Gasteiger partial charge in [0.2, 0.25) is 11.8 Å². The molecule has 4 N–H and O–H groups in total. The van der Waals surface area contributed by atoms with E-state index in [1.807, 2.05) is 5.32 Å². The van der Waals surface area contributed by atoms with E-state index in [-0.39, 0.29) is 43.8 Å². The fourth-order valence-electron chi connectivity index (χ4n) is 3.49. The molecule has 2 amide bonds. The second kappa shape index (κ2) is 8.89. The molecule has 0 bridgehead atoms. The van der Waals surface area contributed by atoms with E-state index in [0.29, 0.717) is 0 Å². The van der Waals surface area contributed by atoms with Crippen molar-refractivity contribution in [2.75, 3.05) is 6.54 Å². The van der Waals surface area contributed by atoms with Gasteiger partial charge in [-0.05, 0) is 31.6 Å². The van der Waals surface area contributed by atoms with E-state index in [9.17, 15) is 22.8 Å². The zero-order chi connectivity index (χ0) is 17.0. The smallest absolute Gasteiger partial charge is 0.351 e. The van der Waals surface area contributed by atoms with Crippen molar-refractivity contribution in [1.82, 2.24) is 10.6 Å². The Labute approximate surface area is 145 Å². The van der Waals surface area contributed by atoms with Crippen LogP contribution < -0.4 is 16.4 Å². The fraction of sp³-hybridized carbons (Fsp3) is 0.867. The zero-order valence-corrected chi connectivity index (χ0v) is 14.2. The van der Waals surface area contributed by atoms with Crippen molar-refractivity contribution >= 4 is 24.2 Å². The lowest BCUT2D eigenvalue weighted by atomic mass is 9.83. The monoisotopic (exact) mass is 371 g/mol. The Morgan fingerprint density at radius 2 is 1.83 bits per heavy atom. The summed E-state index contributed by atoms with van der Waals surface area (Å²) in [5.74, 6) is -2.14. The molecule has 0 aromatic carbocycles. The van der Waals surface area contributed by atoms with Crippen LogP contribution in [0.1, 0.15) is 44.9 Å². The molecule has 140 valence electrons. The number of amides is 2. The van der Waals surface area contributed by atoms with Gasteiger partial charge >= 0.3 is 6.18 Å². The maximum absolute atomic E-state index is 12.6. The summed E-state index contributed by atoms with van der Waals surface area (Å²) in [6.45, 7) is 0.274. The molecule has 3 atom stereocenters. The van der Waals surface area contributed by atoms with Gasteiger partial charge in [0.05, 0.1) is 0 Å². The van der Waals surface area contributed by atoms with Gasteiger partial charge in [0.25, 0.3) is 0 Å². The van der Waals surface area contributed by atoms with Crippen LogP contribution in [0.15, 0.2) is 0 Å². The van der Waals surface area contributed by atoms with Crippen molar-refractivity contribution in [2.45, 2.75) is 63.2 Å². The molecular weight excluding hydrogens is 347 g/mol. The number of halogens is 4. The van der Waals surface area contributed by atoms with Gasteiger partial charge in [-0.15, -0.1) is 12.4 Å². The highest BCUT2D eigenvalue weighted by atomic mass is 35.5. The topological polar surface area (TPSA) is 84.2 Å². The van der Waals surface area contributed by atoms with E-state index in [1.54, 1.807) is 0 Å². The summed E-state index contributed by atoms with van der Waals surface area (Å²) in [6, 6.07) is -2.07. The molecule has 0 aromatic heterocycles. The first-order valence-corrected chi connectivity index (χ1v) is 8.20. The number of carbonyl (C=O) groups is 2. The molecule has 1 saturated carbocycles. The van der Waals surface area contributed by atoms with Crippen LogP contribution >= 0.6 is 12.4 Å². The molecule has 2 rings (SSSR count). The van der Waals surface area contributed by atoms with Gasteiger partial charge in [-0.25, -0.2) is 0 Å². The lowest BCUT2D eigenvalue weighted by Crippen LogP contribution is -2.56. The van der Waals surface area contributed by atoms with Gasteiger partial charge < -0.3 is 16.4 Å². The van der Waals surface area contributed by atoms with Crippen molar-refractivity contribution in [3.8, 4) is 0 Å². The molecular formula is C15H25ClF3N3O2. The molecule has 0 spiro atoms. The average molecular weight is 372 g/mol. The number of carbonyl (C=O) groups excluding carboxylic acids is 2. The average Bonchev–Trinajstić information content (AvgIpc) is 2.52. The Kier molecular flexibility index (Phi) is 7.79. The molecule has 1 heterocycles. The van der Waals surface area contributed by atoms with Gasteiger partial charge in [0.1, 0.15) is 12.0 Å². The third-order valence-electron chi connectivity index (χ3n) is 4.89. The van der Waals surface area contributed by atoms with Gasteiger partial charge in [0, 0.05) is 12.6 Å². The molecule has 3 unspecified atom stereocenters. The van der Waals surface area contributed by atoms with Crippen LogP contribution in [0.25, 0.3) is 0 Å². The Balaban J connectivity index is 0.00000288. The normalized spacial score (nSPS) is 26.9. The van der Waals surface area contributed by atoms with Crippen LogP contribution in [0.3, 0.4) is 0 Å². The van der Waals surface area contributed by atoms with Gasteiger partial charge in [0.15, 0.2) is 0 Å². The van der Waals surface area contributed by atoms with Crippen LogP contribution in [0.4, 0.5) is 13.2 Å². The van der Waals surface area contributed by atoms with Crippen molar-refractivity contribution in [1.29, 1.82) is 0 Å². The predicted molar refractivity (Wildman–Crippen MR) is 85.5 cm³/mol. The Morgan fingerprint density at radius 1 is 1.21 bits per heavy atom. The zero-order valence-electron chi connectivity index (χ0n) is 13.4. The summed E-state index contributed by atoms with van der Waals surface area (Å²) < 4.78 is 37.9. The van der Waals surface area contributed by atoms with Crippen molar-refractivity contribution in [3.05, 3.63) is 0 Å². The molecule has 0 aromatic rings. The van der Waals surface area contributed by atoms with E-state index in [4.69, 9.17) is 5.73 Å². The lowest BCUT2D eigenvalue weighted by molar-refractivity contribution is -0.171. The Bertz CT molecular complexity index is 442. The summed E-state index contributed by atoms with van der Waals surface area (Å²) >= 11 is 0. The molecule has 0 radical (unpaired) electrons. The summed E-state index contributed by atoms with van der Waals surface area (Å²) in [7, 11) is 0. The van der Waals surface area contributed by atoms with Crippen molar-refractivity contribution < 1.29 is 22.8 Å². The molecule has 24 heavy (non-hydrogen) atoms. The van der Waals surface area contributed by atoms with E-state index in [2.05, 4.69) is 5.32 Å². The van der Waals surface area contributed by atoms with E-state index < -0.39 is 30.0 Å². The molecule has 1 aliphatic heterocycles. The SMILES string of the molecule is Cl.NCC(NC(=O)C1CCC(C(F)(F)F)NC1=O)C1CCCCC1. The number of hydrogen-bond acceptors (Lipinski definition) is 3. The van der Waals surface area contributed by atoms with Gasteiger partial charge in [-0.1, -0.05) is 19.3 Å². The first kappa shape index (κ1) is 21.0. The van der Waals surface area contributed by atoms with Crippen LogP contribution in [0.2, 0.25) is 0 Å². The second-order valence-corrected chi connectivity index (χ2v) is 6.48. The molecule has 9 heteroatoms. The molecule has 5 nitrogen and oxygen atoms in total. The minimum absolute atomic E-state index is 0. The number of nitrogens with one attached hydrogen (secondary N) is 2. The summed E-state index contributed by atoms with van der Waals surface area (Å²) in [5, 5.41) is 4.69.